The van der Waals surface area contributed by atoms with Crippen molar-refractivity contribution in [3.8, 4) is 0 Å². The van der Waals surface area contributed by atoms with Crippen LogP contribution in [0.3, 0.4) is 0 Å². The maximum atomic E-state index is 13.2. The third kappa shape index (κ3) is 4.77. The Morgan fingerprint density at radius 2 is 1.73 bits per heavy atom. The molecule has 0 aliphatic heterocycles. The third-order valence-electron chi connectivity index (χ3n) is 4.20. The fourth-order valence-electron chi connectivity index (χ4n) is 2.75. The largest absolute Gasteiger partial charge is 0.343 e. The summed E-state index contributed by atoms with van der Waals surface area (Å²) in [7, 11) is 0. The number of thiophene rings is 1. The van der Waals surface area contributed by atoms with Gasteiger partial charge in [0, 0.05) is 10.9 Å². The Kier molecular flexibility index (Phi) is 6.15. The lowest BCUT2D eigenvalue weighted by Crippen LogP contribution is -2.37. The van der Waals surface area contributed by atoms with Crippen molar-refractivity contribution in [3.05, 3.63) is 93.9 Å². The van der Waals surface area contributed by atoms with E-state index in [0.717, 1.165) is 16.0 Å². The molecule has 1 heterocycles. The van der Waals surface area contributed by atoms with Gasteiger partial charge < -0.3 is 10.6 Å². The van der Waals surface area contributed by atoms with Crippen LogP contribution in [0.25, 0.3) is 0 Å². The minimum atomic E-state index is -0.289. The number of carbonyl (C=O) groups is 1. The van der Waals surface area contributed by atoms with Crippen LogP contribution in [-0.4, -0.2) is 12.5 Å². The first-order valence-electron chi connectivity index (χ1n) is 8.50. The van der Waals surface area contributed by atoms with Crippen molar-refractivity contribution in [3.63, 3.8) is 0 Å². The number of amides is 1. The Balaban J connectivity index is 1.65. The van der Waals surface area contributed by atoms with E-state index in [1.54, 1.807) is 23.5 Å². The third-order valence-corrected chi connectivity index (χ3v) is 5.14. The van der Waals surface area contributed by atoms with Gasteiger partial charge in [0.1, 0.15) is 5.82 Å². The van der Waals surface area contributed by atoms with Crippen molar-refractivity contribution >= 4 is 17.2 Å². The van der Waals surface area contributed by atoms with E-state index in [1.807, 2.05) is 54.8 Å². The lowest BCUT2D eigenvalue weighted by molar-refractivity contribution is -0.120. The van der Waals surface area contributed by atoms with E-state index in [2.05, 4.69) is 10.6 Å². The Hall–Kier alpha value is -2.50. The smallest absolute Gasteiger partial charge is 0.234 e. The number of benzene rings is 2. The molecule has 0 aliphatic carbocycles. The van der Waals surface area contributed by atoms with Gasteiger partial charge >= 0.3 is 0 Å². The fraction of sp³-hybridized carbons (Fsp3) is 0.190. The summed E-state index contributed by atoms with van der Waals surface area (Å²) in [6.45, 7) is 2.23. The highest BCUT2D eigenvalue weighted by Gasteiger charge is 2.18. The van der Waals surface area contributed by atoms with Gasteiger partial charge in [-0.15, -0.1) is 11.3 Å². The average molecular weight is 368 g/mol. The topological polar surface area (TPSA) is 41.1 Å². The quantitative estimate of drug-likeness (QED) is 0.647. The normalized spacial score (nSPS) is 13.2. The molecule has 1 amide bonds. The molecule has 3 nitrogen and oxygen atoms in total. The second-order valence-corrected chi connectivity index (χ2v) is 7.06. The maximum absolute atomic E-state index is 13.2. The fourth-order valence-corrected chi connectivity index (χ4v) is 3.55. The molecule has 0 radical (unpaired) electrons. The summed E-state index contributed by atoms with van der Waals surface area (Å²) < 4.78 is 13.2. The molecule has 0 spiro atoms. The Labute approximate surface area is 156 Å². The first-order valence-corrected chi connectivity index (χ1v) is 9.38. The molecule has 0 saturated carbocycles. The Bertz CT molecular complexity index is 819. The highest BCUT2D eigenvalue weighted by Crippen LogP contribution is 2.26. The summed E-state index contributed by atoms with van der Waals surface area (Å²) in [5.74, 6) is -0.390. The van der Waals surface area contributed by atoms with Crippen LogP contribution in [0.1, 0.15) is 35.0 Å². The van der Waals surface area contributed by atoms with Crippen molar-refractivity contribution in [2.45, 2.75) is 19.0 Å². The van der Waals surface area contributed by atoms with Gasteiger partial charge in [-0.1, -0.05) is 48.5 Å². The van der Waals surface area contributed by atoms with E-state index in [0.29, 0.717) is 0 Å². The van der Waals surface area contributed by atoms with Gasteiger partial charge in [0.2, 0.25) is 5.91 Å². The molecule has 5 heteroatoms. The summed E-state index contributed by atoms with van der Waals surface area (Å²) in [5, 5.41) is 8.26. The SMILES string of the molecule is C[C@@H](NCC(=O)N[C@H](c1ccc(F)cc1)c1cccs1)c1ccccc1. The van der Waals surface area contributed by atoms with Gasteiger partial charge in [-0.05, 0) is 41.6 Å². The summed E-state index contributed by atoms with van der Waals surface area (Å²) >= 11 is 1.56. The molecule has 26 heavy (non-hydrogen) atoms. The summed E-state index contributed by atoms with van der Waals surface area (Å²) in [5.41, 5.74) is 1.99. The molecule has 0 saturated heterocycles. The average Bonchev–Trinajstić information content (AvgIpc) is 3.20. The molecule has 2 aromatic carbocycles. The molecule has 0 fully saturated rings. The molecule has 0 aliphatic rings. The van der Waals surface area contributed by atoms with Crippen LogP contribution in [0.15, 0.2) is 72.1 Å². The first kappa shape index (κ1) is 18.3. The van der Waals surface area contributed by atoms with Crippen molar-refractivity contribution in [1.29, 1.82) is 0 Å². The number of halogens is 1. The lowest BCUT2D eigenvalue weighted by Gasteiger charge is -2.20. The Morgan fingerprint density at radius 3 is 2.38 bits per heavy atom. The number of nitrogens with one attached hydrogen (secondary N) is 2. The lowest BCUT2D eigenvalue weighted by atomic mass is 10.1. The van der Waals surface area contributed by atoms with Gasteiger partial charge in [-0.3, -0.25) is 4.79 Å². The number of hydrogen-bond acceptors (Lipinski definition) is 3. The molecule has 1 aromatic heterocycles. The van der Waals surface area contributed by atoms with E-state index in [9.17, 15) is 9.18 Å². The highest BCUT2D eigenvalue weighted by molar-refractivity contribution is 7.10. The zero-order chi connectivity index (χ0) is 18.4. The van der Waals surface area contributed by atoms with Crippen LogP contribution in [-0.2, 0) is 4.79 Å². The summed E-state index contributed by atoms with van der Waals surface area (Å²) in [6, 6.07) is 19.9. The minimum Gasteiger partial charge on any atom is -0.343 e. The van der Waals surface area contributed by atoms with Crippen LogP contribution < -0.4 is 10.6 Å². The number of hydrogen-bond donors (Lipinski definition) is 2. The molecular weight excluding hydrogens is 347 g/mol. The zero-order valence-electron chi connectivity index (χ0n) is 14.5. The minimum absolute atomic E-state index is 0.0768. The van der Waals surface area contributed by atoms with Crippen LogP contribution in [0, 0.1) is 5.82 Å². The molecular formula is C21H21FN2OS. The van der Waals surface area contributed by atoms with Crippen LogP contribution in [0.2, 0.25) is 0 Å². The predicted molar refractivity (Wildman–Crippen MR) is 104 cm³/mol. The molecule has 3 rings (SSSR count). The van der Waals surface area contributed by atoms with E-state index in [4.69, 9.17) is 0 Å². The number of carbonyl (C=O) groups excluding carboxylic acids is 1. The molecule has 0 unspecified atom stereocenters. The van der Waals surface area contributed by atoms with Gasteiger partial charge in [0.25, 0.3) is 0 Å². The molecule has 2 atom stereocenters. The second-order valence-electron chi connectivity index (χ2n) is 6.08. The van der Waals surface area contributed by atoms with Gasteiger partial charge in [-0.2, -0.15) is 0 Å². The zero-order valence-corrected chi connectivity index (χ0v) is 15.3. The van der Waals surface area contributed by atoms with Crippen molar-refractivity contribution in [2.75, 3.05) is 6.54 Å². The van der Waals surface area contributed by atoms with Crippen LogP contribution >= 0.6 is 11.3 Å². The summed E-state index contributed by atoms with van der Waals surface area (Å²) in [6.07, 6.45) is 0. The van der Waals surface area contributed by atoms with E-state index >= 15 is 0 Å². The van der Waals surface area contributed by atoms with E-state index in [1.165, 1.54) is 12.1 Å². The molecule has 134 valence electrons. The van der Waals surface area contributed by atoms with Crippen molar-refractivity contribution in [1.82, 2.24) is 10.6 Å². The maximum Gasteiger partial charge on any atom is 0.234 e. The van der Waals surface area contributed by atoms with Crippen LogP contribution in [0.5, 0.6) is 0 Å². The molecule has 2 N–H and O–H groups in total. The Morgan fingerprint density at radius 1 is 1.00 bits per heavy atom. The standard InChI is InChI=1S/C21H21FN2OS/c1-15(16-6-3-2-4-7-16)23-14-20(25)24-21(19-8-5-13-26-19)17-9-11-18(22)12-10-17/h2-13,15,21,23H,14H2,1H3,(H,24,25)/t15-,21-/m1/s1. The number of rotatable bonds is 7. The van der Waals surface area contributed by atoms with Crippen molar-refractivity contribution in [2.24, 2.45) is 0 Å². The highest BCUT2D eigenvalue weighted by atomic mass is 32.1. The van der Waals surface area contributed by atoms with E-state index < -0.39 is 0 Å². The van der Waals surface area contributed by atoms with Crippen LogP contribution in [0.4, 0.5) is 4.39 Å². The van der Waals surface area contributed by atoms with Gasteiger partial charge in [-0.25, -0.2) is 4.39 Å². The van der Waals surface area contributed by atoms with Gasteiger partial charge in [0.15, 0.2) is 0 Å². The monoisotopic (exact) mass is 368 g/mol. The first-order chi connectivity index (χ1) is 12.6. The second kappa shape index (κ2) is 8.74. The van der Waals surface area contributed by atoms with E-state index in [-0.39, 0.29) is 30.4 Å². The van der Waals surface area contributed by atoms with Gasteiger partial charge in [0.05, 0.1) is 12.6 Å². The predicted octanol–water partition coefficient (Wildman–Crippen LogP) is 4.44. The molecule has 0 bridgehead atoms. The summed E-state index contributed by atoms with van der Waals surface area (Å²) in [4.78, 5) is 13.5. The molecule has 3 aromatic rings. The van der Waals surface area contributed by atoms with Crippen molar-refractivity contribution < 1.29 is 9.18 Å².